The topological polar surface area (TPSA) is 70.9 Å². The second-order valence-corrected chi connectivity index (χ2v) is 4.80. The van der Waals surface area contributed by atoms with Crippen LogP contribution in [-0.4, -0.2) is 23.8 Å². The number of carbonyl (C=O) groups excluding carboxylic acids is 1. The van der Waals surface area contributed by atoms with Crippen molar-refractivity contribution in [2.45, 2.75) is 13.3 Å². The quantitative estimate of drug-likeness (QED) is 0.658. The largest absolute Gasteiger partial charge is 0.508 e. The first kappa shape index (κ1) is 15.6. The van der Waals surface area contributed by atoms with E-state index in [2.05, 4.69) is 10.5 Å². The van der Waals surface area contributed by atoms with Crippen LogP contribution in [0, 0.1) is 0 Å². The molecule has 0 fully saturated rings. The maximum atomic E-state index is 11.9. The van der Waals surface area contributed by atoms with E-state index in [4.69, 9.17) is 4.74 Å². The van der Waals surface area contributed by atoms with Crippen molar-refractivity contribution in [1.29, 1.82) is 0 Å². The normalized spacial score (nSPS) is 11.1. The first-order valence-corrected chi connectivity index (χ1v) is 6.84. The smallest absolute Gasteiger partial charge is 0.244 e. The first-order chi connectivity index (χ1) is 10.6. The van der Waals surface area contributed by atoms with Gasteiger partial charge in [-0.3, -0.25) is 4.79 Å². The van der Waals surface area contributed by atoms with Crippen LogP contribution in [0.4, 0.5) is 0 Å². The highest BCUT2D eigenvalue weighted by atomic mass is 16.5. The molecule has 0 bridgehead atoms. The third-order valence-electron chi connectivity index (χ3n) is 3.16. The average molecular weight is 298 g/mol. The summed E-state index contributed by atoms with van der Waals surface area (Å²) in [6.45, 7) is 1.79. The van der Waals surface area contributed by atoms with Crippen molar-refractivity contribution in [2.24, 2.45) is 5.10 Å². The molecule has 0 atom stereocenters. The molecule has 0 radical (unpaired) electrons. The first-order valence-electron chi connectivity index (χ1n) is 6.84. The van der Waals surface area contributed by atoms with Crippen LogP contribution in [0.5, 0.6) is 11.5 Å². The zero-order valence-electron chi connectivity index (χ0n) is 12.5. The van der Waals surface area contributed by atoms with E-state index in [9.17, 15) is 9.90 Å². The Kier molecular flexibility index (Phi) is 5.14. The molecule has 0 aliphatic rings. The predicted octanol–water partition coefficient (Wildman–Crippen LogP) is 2.48. The van der Waals surface area contributed by atoms with Gasteiger partial charge in [0, 0.05) is 0 Å². The van der Waals surface area contributed by atoms with Crippen LogP contribution in [0.1, 0.15) is 18.1 Å². The summed E-state index contributed by atoms with van der Waals surface area (Å²) in [5, 5.41) is 13.3. The Morgan fingerprint density at radius 2 is 1.77 bits per heavy atom. The fourth-order valence-corrected chi connectivity index (χ4v) is 1.88. The van der Waals surface area contributed by atoms with Gasteiger partial charge in [0.2, 0.25) is 5.91 Å². The molecule has 22 heavy (non-hydrogen) atoms. The summed E-state index contributed by atoms with van der Waals surface area (Å²) in [5.74, 6) is 0.758. The van der Waals surface area contributed by atoms with Crippen LogP contribution in [0.2, 0.25) is 0 Å². The Labute approximate surface area is 129 Å². The number of ether oxygens (including phenoxy) is 1. The van der Waals surface area contributed by atoms with Gasteiger partial charge in [-0.05, 0) is 54.4 Å². The number of carbonyl (C=O) groups is 1. The molecule has 0 unspecified atom stereocenters. The van der Waals surface area contributed by atoms with Crippen molar-refractivity contribution in [3.8, 4) is 11.5 Å². The predicted molar refractivity (Wildman–Crippen MR) is 85.2 cm³/mol. The molecule has 0 aliphatic carbocycles. The zero-order valence-corrected chi connectivity index (χ0v) is 12.5. The Balaban J connectivity index is 1.93. The van der Waals surface area contributed by atoms with E-state index in [-0.39, 0.29) is 18.1 Å². The van der Waals surface area contributed by atoms with Crippen LogP contribution in [0.3, 0.4) is 0 Å². The summed E-state index contributed by atoms with van der Waals surface area (Å²) in [4.78, 5) is 11.9. The monoisotopic (exact) mass is 298 g/mol. The second-order valence-electron chi connectivity index (χ2n) is 4.80. The van der Waals surface area contributed by atoms with Gasteiger partial charge in [0.25, 0.3) is 0 Å². The van der Waals surface area contributed by atoms with Crippen LogP contribution in [-0.2, 0) is 11.2 Å². The summed E-state index contributed by atoms with van der Waals surface area (Å²) in [7, 11) is 1.60. The lowest BCUT2D eigenvalue weighted by atomic mass is 10.1. The van der Waals surface area contributed by atoms with Crippen molar-refractivity contribution in [1.82, 2.24) is 5.43 Å². The molecule has 0 spiro atoms. The van der Waals surface area contributed by atoms with E-state index >= 15 is 0 Å². The number of aromatic hydroxyl groups is 1. The molecule has 0 aromatic heterocycles. The van der Waals surface area contributed by atoms with E-state index in [1.165, 1.54) is 0 Å². The highest BCUT2D eigenvalue weighted by molar-refractivity contribution is 5.99. The molecule has 0 saturated heterocycles. The molecule has 0 saturated carbocycles. The number of hydrogen-bond acceptors (Lipinski definition) is 4. The number of methoxy groups -OCH3 is 1. The maximum Gasteiger partial charge on any atom is 0.244 e. The molecule has 2 N–H and O–H groups in total. The van der Waals surface area contributed by atoms with E-state index < -0.39 is 0 Å². The van der Waals surface area contributed by atoms with Gasteiger partial charge in [-0.25, -0.2) is 5.43 Å². The van der Waals surface area contributed by atoms with E-state index in [1.54, 1.807) is 38.3 Å². The lowest BCUT2D eigenvalue weighted by molar-refractivity contribution is -0.120. The van der Waals surface area contributed by atoms with Gasteiger partial charge in [-0.2, -0.15) is 5.10 Å². The minimum absolute atomic E-state index is 0.191. The fourth-order valence-electron chi connectivity index (χ4n) is 1.88. The Morgan fingerprint density at radius 1 is 1.14 bits per heavy atom. The van der Waals surface area contributed by atoms with E-state index in [0.717, 1.165) is 16.9 Å². The molecular weight excluding hydrogens is 280 g/mol. The number of hydrogen-bond donors (Lipinski definition) is 2. The number of hydrazone groups is 1. The van der Waals surface area contributed by atoms with E-state index in [1.807, 2.05) is 24.3 Å². The number of benzene rings is 2. The van der Waals surface area contributed by atoms with Gasteiger partial charge in [0.05, 0.1) is 19.2 Å². The number of nitrogens with zero attached hydrogens (tertiary/aromatic N) is 1. The second kappa shape index (κ2) is 7.26. The molecule has 0 heterocycles. The molecule has 114 valence electrons. The number of phenolic OH excluding ortho intramolecular Hbond substituents is 1. The molecule has 0 aliphatic heterocycles. The third-order valence-corrected chi connectivity index (χ3v) is 3.16. The average Bonchev–Trinajstić information content (AvgIpc) is 2.54. The molecule has 2 aromatic carbocycles. The molecule has 1 amide bonds. The van der Waals surface area contributed by atoms with Gasteiger partial charge in [0.1, 0.15) is 11.5 Å². The lowest BCUT2D eigenvalue weighted by Gasteiger charge is -2.04. The summed E-state index contributed by atoms with van der Waals surface area (Å²) in [6.07, 6.45) is 0.246. The van der Waals surface area contributed by atoms with Crippen LogP contribution >= 0.6 is 0 Å². The van der Waals surface area contributed by atoms with Crippen molar-refractivity contribution in [2.75, 3.05) is 7.11 Å². The molecular formula is C17H18N2O3. The fraction of sp³-hybridized carbons (Fsp3) is 0.176. The Morgan fingerprint density at radius 3 is 2.36 bits per heavy atom. The SMILES string of the molecule is COc1ccc(CC(=O)N/N=C(/C)c2ccc(O)cc2)cc1. The number of phenols is 1. The highest BCUT2D eigenvalue weighted by Crippen LogP contribution is 2.12. The molecule has 5 heteroatoms. The van der Waals surface area contributed by atoms with Gasteiger partial charge in [-0.1, -0.05) is 12.1 Å². The van der Waals surface area contributed by atoms with Crippen molar-refractivity contribution in [3.63, 3.8) is 0 Å². The number of rotatable bonds is 5. The van der Waals surface area contributed by atoms with Gasteiger partial charge in [-0.15, -0.1) is 0 Å². The van der Waals surface area contributed by atoms with Crippen molar-refractivity contribution >= 4 is 11.6 Å². The van der Waals surface area contributed by atoms with Gasteiger partial charge >= 0.3 is 0 Å². The zero-order chi connectivity index (χ0) is 15.9. The molecule has 2 aromatic rings. The Bertz CT molecular complexity index is 661. The summed E-state index contributed by atoms with van der Waals surface area (Å²) in [6, 6.07) is 13.9. The summed E-state index contributed by atoms with van der Waals surface area (Å²) < 4.78 is 5.07. The minimum Gasteiger partial charge on any atom is -0.508 e. The molecule has 5 nitrogen and oxygen atoms in total. The standard InChI is InChI=1S/C17H18N2O3/c1-12(14-5-7-15(20)8-6-14)18-19-17(21)11-13-3-9-16(22-2)10-4-13/h3-10,20H,11H2,1-2H3,(H,19,21)/b18-12-. The number of nitrogens with one attached hydrogen (secondary N) is 1. The van der Waals surface area contributed by atoms with Gasteiger partial charge < -0.3 is 9.84 Å². The van der Waals surface area contributed by atoms with Gasteiger partial charge in [0.15, 0.2) is 0 Å². The third kappa shape index (κ3) is 4.34. The minimum atomic E-state index is -0.191. The highest BCUT2D eigenvalue weighted by Gasteiger charge is 2.04. The lowest BCUT2D eigenvalue weighted by Crippen LogP contribution is -2.21. The van der Waals surface area contributed by atoms with E-state index in [0.29, 0.717) is 5.71 Å². The Hall–Kier alpha value is -2.82. The van der Waals surface area contributed by atoms with Crippen LogP contribution < -0.4 is 10.2 Å². The van der Waals surface area contributed by atoms with Crippen LogP contribution in [0.25, 0.3) is 0 Å². The van der Waals surface area contributed by atoms with Crippen molar-refractivity contribution in [3.05, 3.63) is 59.7 Å². The summed E-state index contributed by atoms with van der Waals surface area (Å²) in [5.41, 5.74) is 4.92. The molecule has 2 rings (SSSR count). The number of amides is 1. The van der Waals surface area contributed by atoms with Crippen molar-refractivity contribution < 1.29 is 14.6 Å². The maximum absolute atomic E-state index is 11.9. The summed E-state index contributed by atoms with van der Waals surface area (Å²) >= 11 is 0. The van der Waals surface area contributed by atoms with Crippen LogP contribution in [0.15, 0.2) is 53.6 Å².